The van der Waals surface area contributed by atoms with Crippen LogP contribution in [-0.4, -0.2) is 26.2 Å². The quantitative estimate of drug-likeness (QED) is 0.406. The molecular weight excluding hydrogens is 268 g/mol. The van der Waals surface area contributed by atoms with Crippen molar-refractivity contribution in [1.29, 1.82) is 0 Å². The van der Waals surface area contributed by atoms with Crippen molar-refractivity contribution in [3.63, 3.8) is 0 Å². The summed E-state index contributed by atoms with van der Waals surface area (Å²) in [5.41, 5.74) is 0. The van der Waals surface area contributed by atoms with E-state index in [1.165, 1.54) is 77.5 Å². The Labute approximate surface area is 142 Å². The van der Waals surface area contributed by atoms with Gasteiger partial charge >= 0.3 is 0 Å². The van der Waals surface area contributed by atoms with E-state index in [0.717, 1.165) is 11.8 Å². The summed E-state index contributed by atoms with van der Waals surface area (Å²) in [4.78, 5) is 0. The molecule has 2 heteroatoms. The number of hydrogen-bond acceptors (Lipinski definition) is 2. The Balaban J connectivity index is 0. The van der Waals surface area contributed by atoms with Crippen molar-refractivity contribution >= 4 is 0 Å². The summed E-state index contributed by atoms with van der Waals surface area (Å²) in [5.74, 6) is 1.67. The molecule has 136 valence electrons. The lowest BCUT2D eigenvalue weighted by Crippen LogP contribution is -2.19. The van der Waals surface area contributed by atoms with Crippen molar-refractivity contribution in [3.05, 3.63) is 0 Å². The molecule has 0 heterocycles. The average molecular weight is 315 g/mol. The smallest absolute Gasteiger partial charge is 0.00465 e. The van der Waals surface area contributed by atoms with Crippen LogP contribution in [0.2, 0.25) is 0 Å². The molecule has 0 aromatic carbocycles. The van der Waals surface area contributed by atoms with E-state index < -0.39 is 0 Å². The molecule has 0 amide bonds. The Hall–Kier alpha value is -0.0800. The number of unbranched alkanes of at least 4 members (excludes halogenated alkanes) is 4. The van der Waals surface area contributed by atoms with Crippen molar-refractivity contribution < 1.29 is 0 Å². The molecule has 0 rings (SSSR count). The highest BCUT2D eigenvalue weighted by Crippen LogP contribution is 1.98. The summed E-state index contributed by atoms with van der Waals surface area (Å²) in [5, 5.41) is 6.90. The second-order valence-electron chi connectivity index (χ2n) is 7.28. The third kappa shape index (κ3) is 28.1. The lowest BCUT2D eigenvalue weighted by molar-refractivity contribution is 0.498. The molecule has 0 aromatic heterocycles. The van der Waals surface area contributed by atoms with Gasteiger partial charge in [0.25, 0.3) is 0 Å². The minimum atomic E-state index is 0.835. The van der Waals surface area contributed by atoms with Crippen LogP contribution in [0.1, 0.15) is 92.9 Å². The molecule has 2 N–H and O–H groups in total. The fourth-order valence-electron chi connectivity index (χ4n) is 2.03. The highest BCUT2D eigenvalue weighted by molar-refractivity contribution is 4.53. The third-order valence-corrected chi connectivity index (χ3v) is 3.71. The molecule has 0 saturated carbocycles. The zero-order valence-corrected chi connectivity index (χ0v) is 16.6. The first-order valence-electron chi connectivity index (χ1n) is 9.95. The molecule has 0 aliphatic heterocycles. The first-order valence-corrected chi connectivity index (χ1v) is 9.95. The van der Waals surface area contributed by atoms with Crippen LogP contribution in [0.3, 0.4) is 0 Å². The third-order valence-electron chi connectivity index (χ3n) is 3.71. The van der Waals surface area contributed by atoms with E-state index in [9.17, 15) is 0 Å². The molecule has 0 saturated heterocycles. The molecule has 0 spiro atoms. The van der Waals surface area contributed by atoms with Gasteiger partial charge in [-0.2, -0.15) is 0 Å². The van der Waals surface area contributed by atoms with Crippen molar-refractivity contribution in [3.8, 4) is 0 Å². The lowest BCUT2D eigenvalue weighted by Gasteiger charge is -2.07. The topological polar surface area (TPSA) is 24.1 Å². The average Bonchev–Trinajstić information content (AvgIpc) is 2.46. The van der Waals surface area contributed by atoms with E-state index in [4.69, 9.17) is 0 Å². The van der Waals surface area contributed by atoms with Gasteiger partial charge in [0.15, 0.2) is 0 Å². The van der Waals surface area contributed by atoms with Gasteiger partial charge in [0.2, 0.25) is 0 Å². The van der Waals surface area contributed by atoms with E-state index in [1.807, 2.05) is 0 Å². The van der Waals surface area contributed by atoms with Crippen LogP contribution in [0.15, 0.2) is 0 Å². The summed E-state index contributed by atoms with van der Waals surface area (Å²) in [7, 11) is 0. The van der Waals surface area contributed by atoms with E-state index in [1.54, 1.807) is 0 Å². The van der Waals surface area contributed by atoms with Crippen LogP contribution in [0.4, 0.5) is 0 Å². The van der Waals surface area contributed by atoms with Crippen molar-refractivity contribution in [2.24, 2.45) is 11.8 Å². The van der Waals surface area contributed by atoms with Gasteiger partial charge in [-0.3, -0.25) is 0 Å². The largest absolute Gasteiger partial charge is 0.317 e. The second-order valence-corrected chi connectivity index (χ2v) is 7.28. The fraction of sp³-hybridized carbons (Fsp3) is 1.00. The second kappa shape index (κ2) is 20.9. The van der Waals surface area contributed by atoms with Gasteiger partial charge in [0.1, 0.15) is 0 Å². The first-order chi connectivity index (χ1) is 10.5. The lowest BCUT2D eigenvalue weighted by atomic mass is 10.1. The van der Waals surface area contributed by atoms with Crippen LogP contribution in [-0.2, 0) is 0 Å². The fourth-order valence-corrected chi connectivity index (χ4v) is 2.03. The van der Waals surface area contributed by atoms with E-state index in [2.05, 4.69) is 52.2 Å². The minimum absolute atomic E-state index is 0.835. The summed E-state index contributed by atoms with van der Waals surface area (Å²) in [6.07, 6.45) is 10.7. The van der Waals surface area contributed by atoms with Crippen LogP contribution < -0.4 is 10.6 Å². The normalized spacial score (nSPS) is 10.9. The molecule has 0 aromatic rings. The summed E-state index contributed by atoms with van der Waals surface area (Å²) >= 11 is 0. The molecule has 2 nitrogen and oxygen atoms in total. The monoisotopic (exact) mass is 314 g/mol. The molecule has 22 heavy (non-hydrogen) atoms. The zero-order valence-electron chi connectivity index (χ0n) is 16.6. The van der Waals surface area contributed by atoms with Crippen molar-refractivity contribution in [2.45, 2.75) is 92.9 Å². The molecule has 0 unspecified atom stereocenters. The van der Waals surface area contributed by atoms with Crippen LogP contribution in [0.25, 0.3) is 0 Å². The van der Waals surface area contributed by atoms with Gasteiger partial charge in [0, 0.05) is 0 Å². The molecule has 0 fully saturated rings. The maximum Gasteiger partial charge on any atom is -0.00465 e. The number of rotatable bonds is 14. The Bertz CT molecular complexity index is 161. The standard InChI is InChI=1S/2C10H23N/c1-9(2)5-7-11-8-6-10(3)4;1-3-5-7-9-11-10-8-6-4-2/h9-11H,5-8H2,1-4H3;11H,3-10H2,1-2H3. The van der Waals surface area contributed by atoms with Crippen molar-refractivity contribution in [2.75, 3.05) is 26.2 Å². The number of nitrogens with one attached hydrogen (secondary N) is 2. The SMILES string of the molecule is CC(C)CCNCCC(C)C.CCCCCNCCCCC. The Morgan fingerprint density at radius 1 is 0.545 bits per heavy atom. The van der Waals surface area contributed by atoms with Gasteiger partial charge in [-0.25, -0.2) is 0 Å². The maximum absolute atomic E-state index is 3.46. The zero-order chi connectivity index (χ0) is 17.1. The van der Waals surface area contributed by atoms with E-state index in [0.29, 0.717) is 0 Å². The Kier molecular flexibility index (Phi) is 23.0. The molecule has 0 atom stereocenters. The molecule has 0 radical (unpaired) electrons. The van der Waals surface area contributed by atoms with Crippen LogP contribution in [0.5, 0.6) is 0 Å². The minimum Gasteiger partial charge on any atom is -0.317 e. The van der Waals surface area contributed by atoms with Crippen LogP contribution in [0, 0.1) is 11.8 Å². The van der Waals surface area contributed by atoms with E-state index >= 15 is 0 Å². The molecular formula is C20H46N2. The summed E-state index contributed by atoms with van der Waals surface area (Å²) in [6.45, 7) is 18.4. The van der Waals surface area contributed by atoms with E-state index in [-0.39, 0.29) is 0 Å². The van der Waals surface area contributed by atoms with Gasteiger partial charge < -0.3 is 10.6 Å². The maximum atomic E-state index is 3.46. The van der Waals surface area contributed by atoms with Gasteiger partial charge in [-0.05, 0) is 63.7 Å². The molecule has 0 bridgehead atoms. The molecule has 0 aliphatic rings. The predicted octanol–water partition coefficient (Wildman–Crippen LogP) is 5.62. The highest BCUT2D eigenvalue weighted by atomic mass is 14.8. The predicted molar refractivity (Wildman–Crippen MR) is 104 cm³/mol. The Morgan fingerprint density at radius 2 is 0.909 bits per heavy atom. The van der Waals surface area contributed by atoms with Gasteiger partial charge in [0.05, 0.1) is 0 Å². The molecule has 0 aliphatic carbocycles. The summed E-state index contributed by atoms with van der Waals surface area (Å²) < 4.78 is 0. The van der Waals surface area contributed by atoms with Crippen molar-refractivity contribution in [1.82, 2.24) is 10.6 Å². The van der Waals surface area contributed by atoms with Crippen LogP contribution >= 0.6 is 0 Å². The van der Waals surface area contributed by atoms with Gasteiger partial charge in [-0.1, -0.05) is 67.2 Å². The highest BCUT2D eigenvalue weighted by Gasteiger charge is 1.94. The first kappa shape index (κ1) is 24.2. The number of hydrogen-bond donors (Lipinski definition) is 2. The van der Waals surface area contributed by atoms with Gasteiger partial charge in [-0.15, -0.1) is 0 Å². The summed E-state index contributed by atoms with van der Waals surface area (Å²) in [6, 6.07) is 0. The Morgan fingerprint density at radius 3 is 1.23 bits per heavy atom.